The third-order valence-electron chi connectivity index (χ3n) is 5.29. The summed E-state index contributed by atoms with van der Waals surface area (Å²) in [5.41, 5.74) is 2.50. The van der Waals surface area contributed by atoms with Gasteiger partial charge in [0, 0.05) is 42.1 Å². The summed E-state index contributed by atoms with van der Waals surface area (Å²) in [6, 6.07) is 14.2. The number of fused-ring (bicyclic) bond motifs is 1. The molecule has 1 fully saturated rings. The van der Waals surface area contributed by atoms with Crippen LogP contribution in [0, 0.1) is 5.92 Å². The topological polar surface area (TPSA) is 73.5 Å². The zero-order valence-electron chi connectivity index (χ0n) is 15.3. The quantitative estimate of drug-likeness (QED) is 0.688. The molecule has 1 N–H and O–H groups in total. The number of benzene rings is 2. The molecule has 3 aromatic rings. The summed E-state index contributed by atoms with van der Waals surface area (Å²) in [7, 11) is 2.80. The Hall–Kier alpha value is -3.12. The third-order valence-corrected chi connectivity index (χ3v) is 5.54. The lowest BCUT2D eigenvalue weighted by Crippen LogP contribution is -2.58. The van der Waals surface area contributed by atoms with Gasteiger partial charge in [0.15, 0.2) is 0 Å². The number of nitrogens with zero attached hydrogens (tertiary/aromatic N) is 2. The largest absolute Gasteiger partial charge is 0.361 e. The highest BCUT2D eigenvalue weighted by Crippen LogP contribution is 2.39. The van der Waals surface area contributed by atoms with Crippen LogP contribution in [-0.2, 0) is 9.59 Å². The predicted octanol–water partition coefficient (Wildman–Crippen LogP) is 3.62. The Bertz CT molecular complexity index is 1070. The molecule has 2 heterocycles. The van der Waals surface area contributed by atoms with Gasteiger partial charge in [-0.15, -0.1) is 0 Å². The minimum Gasteiger partial charge on any atom is -0.361 e. The average Bonchev–Trinajstić information content (AvgIpc) is 3.13. The van der Waals surface area contributed by atoms with Gasteiger partial charge in [0.1, 0.15) is 5.92 Å². The van der Waals surface area contributed by atoms with Gasteiger partial charge in [-0.05, 0) is 29.3 Å². The highest BCUT2D eigenvalue weighted by Gasteiger charge is 2.47. The molecule has 7 heteroatoms. The third kappa shape index (κ3) is 2.77. The second kappa shape index (κ2) is 6.80. The molecule has 1 saturated heterocycles. The molecule has 142 valence electrons. The number of rotatable bonds is 3. The molecule has 4 amide bonds. The Balaban J connectivity index is 1.93. The van der Waals surface area contributed by atoms with Crippen LogP contribution in [-0.4, -0.2) is 46.7 Å². The van der Waals surface area contributed by atoms with Crippen molar-refractivity contribution in [2.45, 2.75) is 5.92 Å². The van der Waals surface area contributed by atoms with Crippen molar-refractivity contribution in [2.24, 2.45) is 5.92 Å². The molecule has 0 spiro atoms. The maximum atomic E-state index is 13.0. The molecule has 4 rings (SSSR count). The number of hydrogen-bond acceptors (Lipinski definition) is 3. The minimum atomic E-state index is -1.05. The van der Waals surface area contributed by atoms with Crippen LogP contribution >= 0.6 is 11.6 Å². The lowest BCUT2D eigenvalue weighted by Gasteiger charge is -2.36. The van der Waals surface area contributed by atoms with Crippen LogP contribution in [0.25, 0.3) is 10.9 Å². The van der Waals surface area contributed by atoms with Gasteiger partial charge < -0.3 is 4.98 Å². The van der Waals surface area contributed by atoms with Crippen molar-refractivity contribution in [3.05, 3.63) is 70.9 Å². The first-order valence-electron chi connectivity index (χ1n) is 8.80. The molecule has 1 aliphatic heterocycles. The molecule has 1 aliphatic rings. The van der Waals surface area contributed by atoms with E-state index < -0.39 is 29.7 Å². The molecule has 0 bridgehead atoms. The highest BCUT2D eigenvalue weighted by atomic mass is 35.5. The number of aromatic amines is 1. The standard InChI is InChI=1S/C21H18ClN3O3/c1-24-19(26)18(20(27)25(2)21(24)28)17(12-7-9-13(22)10-8-12)15-11-23-16-6-4-3-5-14(15)16/h3-11,17-18,23H,1-2H3. The first-order valence-corrected chi connectivity index (χ1v) is 9.18. The van der Waals surface area contributed by atoms with E-state index >= 15 is 0 Å². The van der Waals surface area contributed by atoms with Gasteiger partial charge in [-0.1, -0.05) is 41.9 Å². The highest BCUT2D eigenvalue weighted by molar-refractivity contribution is 6.30. The number of barbiturate groups is 1. The van der Waals surface area contributed by atoms with Crippen LogP contribution in [0.15, 0.2) is 54.7 Å². The average molecular weight is 396 g/mol. The summed E-state index contributed by atoms with van der Waals surface area (Å²) in [6.07, 6.45) is 1.82. The molecule has 28 heavy (non-hydrogen) atoms. The van der Waals surface area contributed by atoms with Crippen LogP contribution in [0.4, 0.5) is 4.79 Å². The van der Waals surface area contributed by atoms with E-state index in [4.69, 9.17) is 11.6 Å². The van der Waals surface area contributed by atoms with Gasteiger partial charge in [-0.25, -0.2) is 4.79 Å². The number of nitrogens with one attached hydrogen (secondary N) is 1. The normalized spacial score (nSPS) is 16.9. The number of para-hydroxylation sites is 1. The number of urea groups is 1. The molecule has 1 unspecified atom stereocenters. The molecule has 0 radical (unpaired) electrons. The van der Waals surface area contributed by atoms with E-state index in [0.717, 1.165) is 31.8 Å². The minimum absolute atomic E-state index is 0.515. The van der Waals surface area contributed by atoms with Gasteiger partial charge in [-0.2, -0.15) is 0 Å². The molecule has 1 atom stereocenters. The van der Waals surface area contributed by atoms with Gasteiger partial charge in [0.2, 0.25) is 11.8 Å². The Morgan fingerprint density at radius 3 is 2.18 bits per heavy atom. The number of imide groups is 2. The fraction of sp³-hybridized carbons (Fsp3) is 0.190. The van der Waals surface area contributed by atoms with Crippen LogP contribution in [0.2, 0.25) is 5.02 Å². The maximum Gasteiger partial charge on any atom is 0.332 e. The summed E-state index contributed by atoms with van der Waals surface area (Å²) in [6.45, 7) is 0. The first-order chi connectivity index (χ1) is 13.4. The summed E-state index contributed by atoms with van der Waals surface area (Å²) >= 11 is 6.04. The number of H-pyrrole nitrogens is 1. The Morgan fingerprint density at radius 2 is 1.54 bits per heavy atom. The van der Waals surface area contributed by atoms with E-state index in [2.05, 4.69) is 4.98 Å². The Labute approximate surface area is 166 Å². The lowest BCUT2D eigenvalue weighted by atomic mass is 9.78. The van der Waals surface area contributed by atoms with Crippen molar-refractivity contribution in [2.75, 3.05) is 14.1 Å². The SMILES string of the molecule is CN1C(=O)C(C(c2ccc(Cl)cc2)c2c[nH]c3ccccc23)C(=O)N(C)C1=O. The van der Waals surface area contributed by atoms with Crippen molar-refractivity contribution in [1.29, 1.82) is 0 Å². The molecule has 0 saturated carbocycles. The summed E-state index contributed by atoms with van der Waals surface area (Å²) < 4.78 is 0. The van der Waals surface area contributed by atoms with E-state index in [9.17, 15) is 14.4 Å². The second-order valence-corrected chi connectivity index (χ2v) is 7.31. The monoisotopic (exact) mass is 395 g/mol. The first kappa shape index (κ1) is 18.3. The fourth-order valence-electron chi connectivity index (χ4n) is 3.79. The van der Waals surface area contributed by atoms with Gasteiger partial charge >= 0.3 is 6.03 Å². The number of carbonyl (C=O) groups excluding carboxylic acids is 3. The van der Waals surface area contributed by atoms with Crippen LogP contribution in [0.3, 0.4) is 0 Å². The van der Waals surface area contributed by atoms with Crippen molar-refractivity contribution in [3.63, 3.8) is 0 Å². The summed E-state index contributed by atoms with van der Waals surface area (Å²) in [5.74, 6) is -2.64. The number of amides is 4. The summed E-state index contributed by atoms with van der Waals surface area (Å²) in [4.78, 5) is 43.4. The van der Waals surface area contributed by atoms with E-state index in [1.807, 2.05) is 42.6 Å². The number of carbonyl (C=O) groups is 3. The second-order valence-electron chi connectivity index (χ2n) is 6.87. The zero-order valence-corrected chi connectivity index (χ0v) is 16.1. The number of aromatic nitrogens is 1. The maximum absolute atomic E-state index is 13.0. The zero-order chi connectivity index (χ0) is 20.0. The molecule has 2 aromatic carbocycles. The molecule has 6 nitrogen and oxygen atoms in total. The van der Waals surface area contributed by atoms with Crippen molar-refractivity contribution < 1.29 is 14.4 Å². The van der Waals surface area contributed by atoms with E-state index in [-0.39, 0.29) is 0 Å². The van der Waals surface area contributed by atoms with Crippen molar-refractivity contribution in [1.82, 2.24) is 14.8 Å². The Morgan fingerprint density at radius 1 is 0.929 bits per heavy atom. The van der Waals surface area contributed by atoms with Crippen molar-refractivity contribution in [3.8, 4) is 0 Å². The van der Waals surface area contributed by atoms with Crippen LogP contribution in [0.5, 0.6) is 0 Å². The van der Waals surface area contributed by atoms with E-state index in [1.54, 1.807) is 12.1 Å². The fourth-order valence-corrected chi connectivity index (χ4v) is 3.92. The van der Waals surface area contributed by atoms with Gasteiger partial charge in [0.25, 0.3) is 0 Å². The molecular formula is C21H18ClN3O3. The number of hydrogen-bond donors (Lipinski definition) is 1. The van der Waals surface area contributed by atoms with Crippen LogP contribution < -0.4 is 0 Å². The molecule has 1 aromatic heterocycles. The van der Waals surface area contributed by atoms with E-state index in [0.29, 0.717) is 5.02 Å². The lowest BCUT2D eigenvalue weighted by molar-refractivity contribution is -0.148. The van der Waals surface area contributed by atoms with E-state index in [1.165, 1.54) is 14.1 Å². The predicted molar refractivity (Wildman–Crippen MR) is 106 cm³/mol. The van der Waals surface area contributed by atoms with Crippen molar-refractivity contribution >= 4 is 40.3 Å². The smallest absolute Gasteiger partial charge is 0.332 e. The van der Waals surface area contributed by atoms with Gasteiger partial charge in [0.05, 0.1) is 0 Å². The number of halogens is 1. The van der Waals surface area contributed by atoms with Gasteiger partial charge in [-0.3, -0.25) is 19.4 Å². The molecule has 0 aliphatic carbocycles. The van der Waals surface area contributed by atoms with Crippen LogP contribution in [0.1, 0.15) is 17.0 Å². The molecular weight excluding hydrogens is 378 g/mol. The Kier molecular flexibility index (Phi) is 4.43. The summed E-state index contributed by atoms with van der Waals surface area (Å²) in [5, 5.41) is 1.48.